The van der Waals surface area contributed by atoms with Crippen LogP contribution in [0.4, 0.5) is 23.0 Å². The van der Waals surface area contributed by atoms with Gasteiger partial charge >= 0.3 is 0 Å². The molecule has 9 heteroatoms. The molecule has 2 aromatic rings. The van der Waals surface area contributed by atoms with Gasteiger partial charge < -0.3 is 15.5 Å². The lowest BCUT2D eigenvalue weighted by Crippen LogP contribution is -2.10. The quantitative estimate of drug-likeness (QED) is 0.430. The van der Waals surface area contributed by atoms with Crippen LogP contribution in [0.15, 0.2) is 34.8 Å². The highest BCUT2D eigenvalue weighted by molar-refractivity contribution is 9.10. The maximum atomic E-state index is 10.9. The fourth-order valence-corrected chi connectivity index (χ4v) is 2.04. The number of nitrogens with two attached hydrogens (primary N) is 1. The Morgan fingerprint density at radius 2 is 2.05 bits per heavy atom. The average molecular weight is 354 g/mol. The first-order valence-electron chi connectivity index (χ1n) is 5.77. The van der Waals surface area contributed by atoms with Gasteiger partial charge in [0.05, 0.1) is 29.9 Å². The molecule has 2 rings (SSSR count). The molecule has 0 unspecified atom stereocenters. The summed E-state index contributed by atoms with van der Waals surface area (Å²) in [6.45, 7) is 0. The number of nitrogen functional groups attached to an aromatic ring is 1. The second-order valence-corrected chi connectivity index (χ2v) is 4.88. The Morgan fingerprint density at radius 1 is 1.33 bits per heavy atom. The number of nitro groups is 1. The summed E-state index contributed by atoms with van der Waals surface area (Å²) in [4.78, 5) is 14.5. The number of hydrogen-bond donors (Lipinski definition) is 3. The number of rotatable bonds is 5. The minimum absolute atomic E-state index is 0.130. The lowest BCUT2D eigenvalue weighted by atomic mass is 10.3. The third kappa shape index (κ3) is 3.58. The molecule has 0 aliphatic heterocycles. The van der Waals surface area contributed by atoms with E-state index in [1.54, 1.807) is 12.1 Å². The number of anilines is 3. The zero-order valence-corrected chi connectivity index (χ0v) is 12.5. The lowest BCUT2D eigenvalue weighted by Gasteiger charge is -2.11. The van der Waals surface area contributed by atoms with Gasteiger partial charge in [-0.3, -0.25) is 10.1 Å². The number of aromatic nitrogens is 1. The largest absolute Gasteiger partial charge is 0.495 e. The van der Waals surface area contributed by atoms with Crippen molar-refractivity contribution >= 4 is 38.9 Å². The van der Waals surface area contributed by atoms with Crippen LogP contribution >= 0.6 is 15.9 Å². The second kappa shape index (κ2) is 6.37. The Hall–Kier alpha value is -2.39. The summed E-state index contributed by atoms with van der Waals surface area (Å²) in [7, 11) is 1.53. The fraction of sp³-hybridized carbons (Fsp3) is 0.0833. The average Bonchev–Trinajstić information content (AvgIpc) is 2.47. The van der Waals surface area contributed by atoms with Crippen LogP contribution < -0.4 is 21.3 Å². The van der Waals surface area contributed by atoms with E-state index in [4.69, 9.17) is 10.6 Å². The van der Waals surface area contributed by atoms with Crippen LogP contribution in [0.5, 0.6) is 5.75 Å². The normalized spacial score (nSPS) is 10.0. The number of hydrazine groups is 1. The molecular formula is C12H12BrN5O3. The molecular weight excluding hydrogens is 342 g/mol. The summed E-state index contributed by atoms with van der Waals surface area (Å²) < 4.78 is 6.05. The van der Waals surface area contributed by atoms with E-state index in [9.17, 15) is 10.1 Å². The van der Waals surface area contributed by atoms with Crippen molar-refractivity contribution in [2.75, 3.05) is 17.9 Å². The van der Waals surface area contributed by atoms with Crippen molar-refractivity contribution in [3.63, 3.8) is 0 Å². The van der Waals surface area contributed by atoms with E-state index in [1.165, 1.54) is 19.2 Å². The molecule has 0 amide bonds. The number of pyridine rings is 1. The molecule has 0 atom stereocenters. The van der Waals surface area contributed by atoms with E-state index >= 15 is 0 Å². The molecule has 1 heterocycles. The predicted octanol–water partition coefficient (Wildman–Crippen LogP) is 2.79. The SMILES string of the molecule is COc1ccc(Br)cc1Nc1cc([N+](=O)[O-])cc(NN)n1. The third-order valence-corrected chi connectivity index (χ3v) is 3.09. The van der Waals surface area contributed by atoms with E-state index in [-0.39, 0.29) is 17.3 Å². The van der Waals surface area contributed by atoms with Gasteiger partial charge in [-0.05, 0) is 18.2 Å². The molecule has 0 radical (unpaired) electrons. The maximum Gasteiger partial charge on any atom is 0.276 e. The first kappa shape index (κ1) is 15.0. The molecule has 21 heavy (non-hydrogen) atoms. The van der Waals surface area contributed by atoms with Crippen LogP contribution in [-0.2, 0) is 0 Å². The number of nitrogens with one attached hydrogen (secondary N) is 2. The molecule has 1 aromatic heterocycles. The van der Waals surface area contributed by atoms with Crippen molar-refractivity contribution in [2.45, 2.75) is 0 Å². The topological polar surface area (TPSA) is 115 Å². The van der Waals surface area contributed by atoms with E-state index in [0.29, 0.717) is 11.4 Å². The molecule has 8 nitrogen and oxygen atoms in total. The van der Waals surface area contributed by atoms with Crippen molar-refractivity contribution in [1.82, 2.24) is 4.98 Å². The number of benzene rings is 1. The summed E-state index contributed by atoms with van der Waals surface area (Å²) in [5, 5.41) is 13.9. The number of hydrogen-bond acceptors (Lipinski definition) is 7. The summed E-state index contributed by atoms with van der Waals surface area (Å²) in [6.07, 6.45) is 0. The first-order chi connectivity index (χ1) is 10.0. The van der Waals surface area contributed by atoms with E-state index < -0.39 is 4.92 Å². The van der Waals surface area contributed by atoms with Gasteiger partial charge in [0.2, 0.25) is 0 Å². The molecule has 0 aliphatic rings. The van der Waals surface area contributed by atoms with Crippen LogP contribution in [0.2, 0.25) is 0 Å². The van der Waals surface area contributed by atoms with Crippen LogP contribution in [0.1, 0.15) is 0 Å². The molecule has 0 saturated heterocycles. The Balaban J connectivity index is 2.41. The maximum absolute atomic E-state index is 10.9. The predicted molar refractivity (Wildman–Crippen MR) is 82.7 cm³/mol. The zero-order valence-electron chi connectivity index (χ0n) is 11.0. The summed E-state index contributed by atoms with van der Waals surface area (Å²) in [5.41, 5.74) is 2.78. The van der Waals surface area contributed by atoms with Gasteiger partial charge in [-0.15, -0.1) is 0 Å². The molecule has 0 bridgehead atoms. The molecule has 0 aliphatic carbocycles. The van der Waals surface area contributed by atoms with Gasteiger partial charge in [0.15, 0.2) is 0 Å². The van der Waals surface area contributed by atoms with Crippen molar-refractivity contribution in [3.05, 3.63) is 44.9 Å². The number of ether oxygens (including phenoxy) is 1. The zero-order chi connectivity index (χ0) is 15.4. The number of halogens is 1. The number of nitrogens with zero attached hydrogens (tertiary/aromatic N) is 2. The van der Waals surface area contributed by atoms with Crippen LogP contribution in [0.3, 0.4) is 0 Å². The van der Waals surface area contributed by atoms with Gasteiger partial charge in [-0.25, -0.2) is 10.8 Å². The smallest absolute Gasteiger partial charge is 0.276 e. The van der Waals surface area contributed by atoms with Gasteiger partial charge in [0.25, 0.3) is 5.69 Å². The minimum Gasteiger partial charge on any atom is -0.495 e. The lowest BCUT2D eigenvalue weighted by molar-refractivity contribution is -0.384. The fourth-order valence-electron chi connectivity index (χ4n) is 1.68. The van der Waals surface area contributed by atoms with Crippen molar-refractivity contribution in [3.8, 4) is 5.75 Å². The Labute approximate surface area is 128 Å². The van der Waals surface area contributed by atoms with Gasteiger partial charge in [0.1, 0.15) is 17.4 Å². The monoisotopic (exact) mass is 353 g/mol. The van der Waals surface area contributed by atoms with Crippen molar-refractivity contribution in [2.24, 2.45) is 5.84 Å². The van der Waals surface area contributed by atoms with Crippen LogP contribution in [0, 0.1) is 10.1 Å². The first-order valence-corrected chi connectivity index (χ1v) is 6.56. The van der Waals surface area contributed by atoms with Gasteiger partial charge in [0, 0.05) is 4.47 Å². The van der Waals surface area contributed by atoms with Gasteiger partial charge in [-0.2, -0.15) is 0 Å². The van der Waals surface area contributed by atoms with E-state index in [2.05, 4.69) is 31.7 Å². The highest BCUT2D eigenvalue weighted by atomic mass is 79.9. The van der Waals surface area contributed by atoms with Crippen LogP contribution in [-0.4, -0.2) is 17.0 Å². The Morgan fingerprint density at radius 3 is 2.67 bits per heavy atom. The molecule has 0 spiro atoms. The highest BCUT2D eigenvalue weighted by Gasteiger charge is 2.12. The highest BCUT2D eigenvalue weighted by Crippen LogP contribution is 2.31. The van der Waals surface area contributed by atoms with Crippen molar-refractivity contribution < 1.29 is 9.66 Å². The number of methoxy groups -OCH3 is 1. The summed E-state index contributed by atoms with van der Waals surface area (Å²) >= 11 is 3.35. The van der Waals surface area contributed by atoms with E-state index in [0.717, 1.165) is 4.47 Å². The Kier molecular flexibility index (Phi) is 4.55. The van der Waals surface area contributed by atoms with Crippen LogP contribution in [0.25, 0.3) is 0 Å². The summed E-state index contributed by atoms with van der Waals surface area (Å²) in [5.74, 6) is 6.30. The molecule has 1 aromatic carbocycles. The molecule has 4 N–H and O–H groups in total. The molecule has 110 valence electrons. The Bertz CT molecular complexity index is 680. The van der Waals surface area contributed by atoms with Crippen molar-refractivity contribution in [1.29, 1.82) is 0 Å². The molecule has 0 fully saturated rings. The second-order valence-electron chi connectivity index (χ2n) is 3.97. The third-order valence-electron chi connectivity index (χ3n) is 2.59. The standard InChI is InChI=1S/C12H12BrN5O3/c1-21-10-3-2-7(13)4-9(10)15-11-5-8(18(19)20)6-12(16-11)17-14/h2-6H,14H2,1H3,(H2,15,16,17). The summed E-state index contributed by atoms with van der Waals surface area (Å²) in [6, 6.07) is 7.89. The van der Waals surface area contributed by atoms with E-state index in [1.807, 2.05) is 6.07 Å². The minimum atomic E-state index is -0.522. The molecule has 0 saturated carbocycles. The van der Waals surface area contributed by atoms with Gasteiger partial charge in [-0.1, -0.05) is 15.9 Å².